The van der Waals surface area contributed by atoms with Crippen molar-refractivity contribution in [2.75, 3.05) is 0 Å². The highest BCUT2D eigenvalue weighted by atomic mass is 16.3. The summed E-state index contributed by atoms with van der Waals surface area (Å²) in [6.07, 6.45) is 0. The lowest BCUT2D eigenvalue weighted by Crippen LogP contribution is -2.02. The molecule has 0 radical (unpaired) electrons. The summed E-state index contributed by atoms with van der Waals surface area (Å²) in [5, 5.41) is 8.56. The SMILES string of the molecule is O=c1c2cc(-c3cccc(-c4ccccc4)c3)ccc2oc2ccc(-c3ccc4c5ccccc5c5ccccc5c4c3)cc12. The minimum absolute atomic E-state index is 0.0219. The van der Waals surface area contributed by atoms with Gasteiger partial charge in [-0.05, 0) is 102 Å². The molecule has 0 aliphatic carbocycles. The maximum atomic E-state index is 14.0. The highest BCUT2D eigenvalue weighted by Crippen LogP contribution is 2.37. The minimum Gasteiger partial charge on any atom is -0.456 e. The fourth-order valence-corrected chi connectivity index (χ4v) is 6.81. The Balaban J connectivity index is 1.19. The third-order valence-corrected chi connectivity index (χ3v) is 9.05. The fraction of sp³-hybridized carbons (Fsp3) is 0. The first kappa shape index (κ1) is 25.5. The predicted molar refractivity (Wildman–Crippen MR) is 189 cm³/mol. The van der Waals surface area contributed by atoms with Gasteiger partial charge in [-0.3, -0.25) is 4.79 Å². The number of hydrogen-bond donors (Lipinski definition) is 0. The van der Waals surface area contributed by atoms with Crippen LogP contribution in [-0.2, 0) is 0 Å². The van der Waals surface area contributed by atoms with E-state index < -0.39 is 0 Å². The molecule has 0 fully saturated rings. The van der Waals surface area contributed by atoms with Gasteiger partial charge in [-0.15, -0.1) is 0 Å². The Labute approximate surface area is 259 Å². The molecule has 45 heavy (non-hydrogen) atoms. The van der Waals surface area contributed by atoms with Gasteiger partial charge in [0.2, 0.25) is 5.43 Å². The van der Waals surface area contributed by atoms with Crippen LogP contribution in [0.15, 0.2) is 167 Å². The molecule has 0 aliphatic heterocycles. The molecule has 0 unspecified atom stereocenters. The first-order valence-corrected chi connectivity index (χ1v) is 15.2. The Morgan fingerprint density at radius 2 is 0.689 bits per heavy atom. The van der Waals surface area contributed by atoms with E-state index in [2.05, 4.69) is 103 Å². The molecule has 0 amide bonds. The minimum atomic E-state index is -0.0219. The highest BCUT2D eigenvalue weighted by Gasteiger charge is 2.13. The molecular formula is C43H26O2. The molecule has 2 heteroatoms. The van der Waals surface area contributed by atoms with E-state index in [9.17, 15) is 4.79 Å². The second-order valence-electron chi connectivity index (χ2n) is 11.7. The van der Waals surface area contributed by atoms with Crippen LogP contribution < -0.4 is 5.43 Å². The predicted octanol–water partition coefficient (Wildman–Crippen LogP) is 11.4. The van der Waals surface area contributed by atoms with E-state index >= 15 is 0 Å². The summed E-state index contributed by atoms with van der Waals surface area (Å²) in [6.45, 7) is 0. The van der Waals surface area contributed by atoms with Crippen LogP contribution in [-0.4, -0.2) is 0 Å². The molecule has 2 nitrogen and oxygen atoms in total. The van der Waals surface area contributed by atoms with Gasteiger partial charge < -0.3 is 4.42 Å². The van der Waals surface area contributed by atoms with Crippen LogP contribution >= 0.6 is 0 Å². The summed E-state index contributed by atoms with van der Waals surface area (Å²) in [4.78, 5) is 14.0. The zero-order chi connectivity index (χ0) is 29.9. The van der Waals surface area contributed by atoms with Crippen molar-refractivity contribution < 1.29 is 4.42 Å². The smallest absolute Gasteiger partial charge is 0.200 e. The van der Waals surface area contributed by atoms with E-state index in [1.54, 1.807) is 0 Å². The lowest BCUT2D eigenvalue weighted by Gasteiger charge is -2.12. The summed E-state index contributed by atoms with van der Waals surface area (Å²) >= 11 is 0. The van der Waals surface area contributed by atoms with Crippen LogP contribution in [0.3, 0.4) is 0 Å². The fourth-order valence-electron chi connectivity index (χ4n) is 6.81. The van der Waals surface area contributed by atoms with Crippen LogP contribution in [0.5, 0.6) is 0 Å². The van der Waals surface area contributed by atoms with Crippen molar-refractivity contribution >= 4 is 54.3 Å². The Kier molecular flexibility index (Phi) is 5.69. The van der Waals surface area contributed by atoms with Crippen molar-refractivity contribution in [2.24, 2.45) is 0 Å². The van der Waals surface area contributed by atoms with Crippen LogP contribution in [0.25, 0.3) is 87.6 Å². The normalized spacial score (nSPS) is 11.6. The Morgan fingerprint density at radius 1 is 0.289 bits per heavy atom. The summed E-state index contributed by atoms with van der Waals surface area (Å²) in [5.41, 5.74) is 7.55. The maximum Gasteiger partial charge on any atom is 0.200 e. The first-order chi connectivity index (χ1) is 22.2. The van der Waals surface area contributed by atoms with Crippen molar-refractivity contribution in [3.05, 3.63) is 168 Å². The quantitative estimate of drug-likeness (QED) is 0.155. The molecule has 9 rings (SSSR count). The third kappa shape index (κ3) is 4.15. The van der Waals surface area contributed by atoms with Crippen LogP contribution in [0, 0.1) is 0 Å². The van der Waals surface area contributed by atoms with Gasteiger partial charge >= 0.3 is 0 Å². The molecular weight excluding hydrogens is 548 g/mol. The average molecular weight is 575 g/mol. The first-order valence-electron chi connectivity index (χ1n) is 15.2. The maximum absolute atomic E-state index is 14.0. The van der Waals surface area contributed by atoms with Gasteiger partial charge in [0.15, 0.2) is 0 Å². The number of rotatable bonds is 3. The van der Waals surface area contributed by atoms with Crippen molar-refractivity contribution in [3.8, 4) is 33.4 Å². The topological polar surface area (TPSA) is 30.2 Å². The molecule has 0 atom stereocenters. The summed E-state index contributed by atoms with van der Waals surface area (Å²) in [5.74, 6) is 0. The van der Waals surface area contributed by atoms with Crippen LogP contribution in [0.4, 0.5) is 0 Å². The van der Waals surface area contributed by atoms with Crippen molar-refractivity contribution in [1.29, 1.82) is 0 Å². The second-order valence-corrected chi connectivity index (χ2v) is 11.7. The largest absolute Gasteiger partial charge is 0.456 e. The number of hydrogen-bond acceptors (Lipinski definition) is 2. The molecule has 1 aromatic heterocycles. The van der Waals surface area contributed by atoms with Gasteiger partial charge in [0.05, 0.1) is 10.8 Å². The van der Waals surface area contributed by atoms with E-state index in [0.717, 1.165) is 33.4 Å². The van der Waals surface area contributed by atoms with Gasteiger partial charge in [-0.25, -0.2) is 0 Å². The molecule has 210 valence electrons. The van der Waals surface area contributed by atoms with Gasteiger partial charge in [-0.2, -0.15) is 0 Å². The average Bonchev–Trinajstić information content (AvgIpc) is 3.12. The van der Waals surface area contributed by atoms with Crippen molar-refractivity contribution in [1.82, 2.24) is 0 Å². The van der Waals surface area contributed by atoms with Gasteiger partial charge in [0, 0.05) is 0 Å². The number of benzene rings is 8. The van der Waals surface area contributed by atoms with Gasteiger partial charge in [0.1, 0.15) is 11.2 Å². The summed E-state index contributed by atoms with van der Waals surface area (Å²) < 4.78 is 6.28. The molecule has 0 bridgehead atoms. The zero-order valence-corrected chi connectivity index (χ0v) is 24.3. The summed E-state index contributed by atoms with van der Waals surface area (Å²) in [6, 6.07) is 54.4. The van der Waals surface area contributed by atoms with E-state index in [4.69, 9.17) is 4.42 Å². The van der Waals surface area contributed by atoms with Crippen molar-refractivity contribution in [2.45, 2.75) is 0 Å². The van der Waals surface area contributed by atoms with Crippen LogP contribution in [0.1, 0.15) is 0 Å². The monoisotopic (exact) mass is 574 g/mol. The van der Waals surface area contributed by atoms with E-state index in [1.807, 2.05) is 54.6 Å². The number of fused-ring (bicyclic) bond motifs is 8. The Hall–Kier alpha value is -5.99. The summed E-state index contributed by atoms with van der Waals surface area (Å²) in [7, 11) is 0. The highest BCUT2D eigenvalue weighted by molar-refractivity contribution is 6.25. The lowest BCUT2D eigenvalue weighted by atomic mass is 9.92. The Morgan fingerprint density at radius 3 is 1.27 bits per heavy atom. The van der Waals surface area contributed by atoms with Gasteiger partial charge in [-0.1, -0.05) is 121 Å². The third-order valence-electron chi connectivity index (χ3n) is 9.05. The van der Waals surface area contributed by atoms with E-state index in [0.29, 0.717) is 21.9 Å². The lowest BCUT2D eigenvalue weighted by molar-refractivity contribution is 0.660. The molecule has 0 saturated heterocycles. The molecule has 0 N–H and O–H groups in total. The second kappa shape index (κ2) is 10.0. The Bertz CT molecular complexity index is 2630. The molecule has 0 spiro atoms. The standard InChI is InChI=1S/C43H26O2/c44-43-39-25-31(29-12-8-11-28(23-29)27-9-2-1-3-10-27)18-21-41(39)45-42-22-19-32(26-40(42)43)30-17-20-37-35-15-5-4-13-33(35)34-14-6-7-16-36(34)38(37)24-30/h1-26H. The zero-order valence-electron chi connectivity index (χ0n) is 24.3. The van der Waals surface area contributed by atoms with Crippen molar-refractivity contribution in [3.63, 3.8) is 0 Å². The van der Waals surface area contributed by atoms with Crippen LogP contribution in [0.2, 0.25) is 0 Å². The molecule has 8 aromatic carbocycles. The molecule has 0 saturated carbocycles. The molecule has 1 heterocycles. The van der Waals surface area contributed by atoms with E-state index in [1.165, 1.54) is 32.3 Å². The van der Waals surface area contributed by atoms with Gasteiger partial charge in [0.25, 0.3) is 0 Å². The van der Waals surface area contributed by atoms with E-state index in [-0.39, 0.29) is 5.43 Å². The molecule has 0 aliphatic rings. The molecule has 9 aromatic rings.